The smallest absolute Gasteiger partial charge is 0.327 e. The third kappa shape index (κ3) is 4.30. The summed E-state index contributed by atoms with van der Waals surface area (Å²) in [7, 11) is 0. The molecule has 0 saturated heterocycles. The number of halogens is 2. The van der Waals surface area contributed by atoms with E-state index in [0.717, 1.165) is 5.56 Å². The van der Waals surface area contributed by atoms with Crippen LogP contribution in [0.5, 0.6) is 0 Å². The van der Waals surface area contributed by atoms with Crippen molar-refractivity contribution in [1.82, 2.24) is 10.2 Å². The molecule has 0 aliphatic heterocycles. The summed E-state index contributed by atoms with van der Waals surface area (Å²) in [4.78, 5) is 11.9. The van der Waals surface area contributed by atoms with Crippen molar-refractivity contribution in [3.05, 3.63) is 70.8 Å². The first kappa shape index (κ1) is 15.9. The number of urea groups is 1. The second-order valence-electron chi connectivity index (χ2n) is 4.89. The van der Waals surface area contributed by atoms with Crippen molar-refractivity contribution in [1.29, 1.82) is 0 Å². The molecule has 0 bridgehead atoms. The van der Waals surface area contributed by atoms with Gasteiger partial charge in [0.05, 0.1) is 6.42 Å². The topological polar surface area (TPSA) is 80.0 Å². The minimum atomic E-state index is -0.533. The number of carbonyl (C=O) groups is 1. The Hall–Kier alpha value is -2.93. The largest absolute Gasteiger partial charge is 0.407 e. The number of nitrogens with one attached hydrogen (secondary N) is 2. The van der Waals surface area contributed by atoms with Crippen LogP contribution in [-0.4, -0.2) is 16.2 Å². The fourth-order valence-corrected chi connectivity index (χ4v) is 2.17. The Balaban J connectivity index is 1.59. The quantitative estimate of drug-likeness (QED) is 0.745. The minimum Gasteiger partial charge on any atom is -0.407 e. The van der Waals surface area contributed by atoms with Gasteiger partial charge in [0.1, 0.15) is 5.82 Å². The van der Waals surface area contributed by atoms with E-state index < -0.39 is 6.03 Å². The van der Waals surface area contributed by atoms with E-state index in [0.29, 0.717) is 23.0 Å². The SMILES string of the molecule is O=C(Nc1cccc(Cl)c1)Nc1nnc(Cc2ccc(F)cc2)o1. The van der Waals surface area contributed by atoms with Gasteiger partial charge in [0, 0.05) is 10.7 Å². The van der Waals surface area contributed by atoms with E-state index in [-0.39, 0.29) is 11.8 Å². The van der Waals surface area contributed by atoms with Crippen LogP contribution < -0.4 is 10.6 Å². The summed E-state index contributed by atoms with van der Waals surface area (Å²) in [5, 5.41) is 13.1. The molecular formula is C16H12ClFN4O2. The molecule has 1 aromatic heterocycles. The third-order valence-corrected chi connectivity index (χ3v) is 3.27. The van der Waals surface area contributed by atoms with Gasteiger partial charge in [-0.05, 0) is 35.9 Å². The van der Waals surface area contributed by atoms with E-state index >= 15 is 0 Å². The minimum absolute atomic E-state index is 0.0355. The Morgan fingerprint density at radius 2 is 1.92 bits per heavy atom. The Labute approximate surface area is 141 Å². The van der Waals surface area contributed by atoms with Crippen LogP contribution in [0.15, 0.2) is 52.9 Å². The summed E-state index contributed by atoms with van der Waals surface area (Å²) in [6.45, 7) is 0. The molecule has 2 amide bonds. The molecule has 1 heterocycles. The Kier molecular flexibility index (Phi) is 4.72. The molecule has 3 rings (SSSR count). The summed E-state index contributed by atoms with van der Waals surface area (Å²) < 4.78 is 18.2. The molecule has 0 atom stereocenters. The maximum Gasteiger partial charge on any atom is 0.327 e. The fourth-order valence-electron chi connectivity index (χ4n) is 1.98. The maximum absolute atomic E-state index is 12.9. The lowest BCUT2D eigenvalue weighted by molar-refractivity contribution is 0.261. The van der Waals surface area contributed by atoms with E-state index in [2.05, 4.69) is 20.8 Å². The maximum atomic E-state index is 12.9. The number of aromatic nitrogens is 2. The molecule has 0 aliphatic carbocycles. The van der Waals surface area contributed by atoms with Crippen LogP contribution >= 0.6 is 11.6 Å². The molecule has 2 N–H and O–H groups in total. The summed E-state index contributed by atoms with van der Waals surface area (Å²) in [6, 6.07) is 12.1. The molecule has 0 fully saturated rings. The molecule has 0 saturated carbocycles. The van der Waals surface area contributed by atoms with Crippen LogP contribution in [0.1, 0.15) is 11.5 Å². The van der Waals surface area contributed by atoms with E-state index in [4.69, 9.17) is 16.0 Å². The third-order valence-electron chi connectivity index (χ3n) is 3.04. The molecule has 6 nitrogen and oxygen atoms in total. The van der Waals surface area contributed by atoms with Crippen molar-refractivity contribution in [2.75, 3.05) is 10.6 Å². The molecular weight excluding hydrogens is 335 g/mol. The highest BCUT2D eigenvalue weighted by molar-refractivity contribution is 6.30. The number of nitrogens with zero attached hydrogens (tertiary/aromatic N) is 2. The van der Waals surface area contributed by atoms with E-state index in [1.54, 1.807) is 36.4 Å². The normalized spacial score (nSPS) is 10.4. The van der Waals surface area contributed by atoms with E-state index in [9.17, 15) is 9.18 Å². The van der Waals surface area contributed by atoms with Gasteiger partial charge in [0.2, 0.25) is 5.89 Å². The molecule has 24 heavy (non-hydrogen) atoms. The van der Waals surface area contributed by atoms with Gasteiger partial charge >= 0.3 is 12.0 Å². The van der Waals surface area contributed by atoms with Crippen LogP contribution in [-0.2, 0) is 6.42 Å². The van der Waals surface area contributed by atoms with Crippen molar-refractivity contribution in [3.63, 3.8) is 0 Å². The monoisotopic (exact) mass is 346 g/mol. The van der Waals surface area contributed by atoms with Gasteiger partial charge in [-0.25, -0.2) is 9.18 Å². The molecule has 8 heteroatoms. The molecule has 2 aromatic carbocycles. The van der Waals surface area contributed by atoms with Crippen LogP contribution in [0, 0.1) is 5.82 Å². The first-order valence-electron chi connectivity index (χ1n) is 6.99. The van der Waals surface area contributed by atoms with E-state index in [1.165, 1.54) is 12.1 Å². The average Bonchev–Trinajstić information content (AvgIpc) is 2.96. The van der Waals surface area contributed by atoms with Crippen molar-refractivity contribution < 1.29 is 13.6 Å². The molecule has 0 spiro atoms. The van der Waals surface area contributed by atoms with Crippen LogP contribution in [0.3, 0.4) is 0 Å². The number of benzene rings is 2. The fraction of sp³-hybridized carbons (Fsp3) is 0.0625. The zero-order valence-corrected chi connectivity index (χ0v) is 13.0. The second kappa shape index (κ2) is 7.10. The average molecular weight is 347 g/mol. The second-order valence-corrected chi connectivity index (χ2v) is 5.33. The molecule has 0 aliphatic rings. The van der Waals surface area contributed by atoms with Crippen molar-refractivity contribution in [2.45, 2.75) is 6.42 Å². The Bertz CT molecular complexity index is 851. The summed E-state index contributed by atoms with van der Waals surface area (Å²) >= 11 is 5.84. The number of hydrogen-bond donors (Lipinski definition) is 2. The molecule has 122 valence electrons. The summed E-state index contributed by atoms with van der Waals surface area (Å²) in [5.74, 6) is -0.0102. The first-order chi connectivity index (χ1) is 11.6. The van der Waals surface area contributed by atoms with Gasteiger partial charge in [-0.3, -0.25) is 5.32 Å². The Morgan fingerprint density at radius 3 is 2.67 bits per heavy atom. The standard InChI is InChI=1S/C16H12ClFN4O2/c17-11-2-1-3-13(9-11)19-15(23)20-16-22-21-14(24-16)8-10-4-6-12(18)7-5-10/h1-7,9H,8H2,(H2,19,20,22,23). The summed E-state index contributed by atoms with van der Waals surface area (Å²) in [5.41, 5.74) is 1.35. The van der Waals surface area contributed by atoms with Gasteiger partial charge in [0.15, 0.2) is 0 Å². The lowest BCUT2D eigenvalue weighted by Gasteiger charge is -2.04. The van der Waals surface area contributed by atoms with Crippen molar-refractivity contribution in [2.24, 2.45) is 0 Å². The van der Waals surface area contributed by atoms with Crippen molar-refractivity contribution >= 4 is 29.3 Å². The van der Waals surface area contributed by atoms with Crippen LogP contribution in [0.2, 0.25) is 5.02 Å². The first-order valence-corrected chi connectivity index (χ1v) is 7.37. The number of amides is 2. The van der Waals surface area contributed by atoms with Gasteiger partial charge in [-0.2, -0.15) is 0 Å². The van der Waals surface area contributed by atoms with Gasteiger partial charge in [-0.15, -0.1) is 5.10 Å². The predicted octanol–water partition coefficient (Wildman–Crippen LogP) is 4.10. The van der Waals surface area contributed by atoms with Crippen LogP contribution in [0.4, 0.5) is 20.9 Å². The van der Waals surface area contributed by atoms with E-state index in [1.807, 2.05) is 0 Å². The number of anilines is 2. The number of hydrogen-bond acceptors (Lipinski definition) is 4. The zero-order valence-electron chi connectivity index (χ0n) is 12.3. The lowest BCUT2D eigenvalue weighted by atomic mass is 10.1. The Morgan fingerprint density at radius 1 is 1.12 bits per heavy atom. The highest BCUT2D eigenvalue weighted by Gasteiger charge is 2.10. The zero-order chi connectivity index (χ0) is 16.9. The predicted molar refractivity (Wildman–Crippen MR) is 87.6 cm³/mol. The van der Waals surface area contributed by atoms with Crippen molar-refractivity contribution in [3.8, 4) is 0 Å². The highest BCUT2D eigenvalue weighted by Crippen LogP contribution is 2.16. The molecule has 0 unspecified atom stereocenters. The van der Waals surface area contributed by atoms with Crippen LogP contribution in [0.25, 0.3) is 0 Å². The lowest BCUT2D eigenvalue weighted by Crippen LogP contribution is -2.19. The van der Waals surface area contributed by atoms with Gasteiger partial charge < -0.3 is 9.73 Å². The highest BCUT2D eigenvalue weighted by atomic mass is 35.5. The summed E-state index contributed by atoms with van der Waals surface area (Å²) in [6.07, 6.45) is 0.338. The van der Waals surface area contributed by atoms with Gasteiger partial charge in [0.25, 0.3) is 0 Å². The molecule has 3 aromatic rings. The number of rotatable bonds is 4. The molecule has 0 radical (unpaired) electrons. The van der Waals surface area contributed by atoms with Gasteiger partial charge in [-0.1, -0.05) is 34.9 Å². The number of carbonyl (C=O) groups excluding carboxylic acids is 1.